The molecule has 4 rings (SSSR count). The van der Waals surface area contributed by atoms with Gasteiger partial charge < -0.3 is 14.7 Å². The second-order valence-corrected chi connectivity index (χ2v) is 7.54. The summed E-state index contributed by atoms with van der Waals surface area (Å²) in [5.41, 5.74) is 0.313. The molecule has 0 unspecified atom stereocenters. The van der Waals surface area contributed by atoms with E-state index in [4.69, 9.17) is 4.74 Å². The third kappa shape index (κ3) is 3.08. The normalized spacial score (nSPS) is 24.5. The van der Waals surface area contributed by atoms with Crippen molar-refractivity contribution in [2.45, 2.75) is 0 Å². The van der Waals surface area contributed by atoms with E-state index < -0.39 is 11.4 Å². The summed E-state index contributed by atoms with van der Waals surface area (Å²) in [6.07, 6.45) is 3.45. The molecule has 0 radical (unpaired) electrons. The monoisotopic (exact) mass is 384 g/mol. The summed E-state index contributed by atoms with van der Waals surface area (Å²) in [5, 5.41) is 14.2. The zero-order valence-electron chi connectivity index (χ0n) is 15.8. The number of hydrogen-bond donors (Lipinski definition) is 1. The molecule has 2 fully saturated rings. The summed E-state index contributed by atoms with van der Waals surface area (Å²) in [5.74, 6) is -1.06. The Morgan fingerprint density at radius 3 is 2.75 bits per heavy atom. The minimum Gasteiger partial charge on any atom is -0.481 e. The number of ether oxygens (including phenoxy) is 1. The number of rotatable bonds is 6. The molecule has 8 heteroatoms. The van der Waals surface area contributed by atoms with Crippen molar-refractivity contribution in [1.29, 1.82) is 0 Å². The number of methoxy groups -OCH3 is 1. The fourth-order valence-corrected chi connectivity index (χ4v) is 4.45. The summed E-state index contributed by atoms with van der Waals surface area (Å²) in [4.78, 5) is 29.3. The van der Waals surface area contributed by atoms with Crippen LogP contribution in [0.5, 0.6) is 0 Å². The maximum absolute atomic E-state index is 13.3. The van der Waals surface area contributed by atoms with Crippen molar-refractivity contribution in [3.8, 4) is 5.69 Å². The van der Waals surface area contributed by atoms with Crippen molar-refractivity contribution in [2.75, 3.05) is 46.4 Å². The molecular weight excluding hydrogens is 360 g/mol. The van der Waals surface area contributed by atoms with E-state index in [9.17, 15) is 14.7 Å². The van der Waals surface area contributed by atoms with Gasteiger partial charge >= 0.3 is 5.97 Å². The lowest BCUT2D eigenvalue weighted by atomic mass is 9.81. The number of carbonyl (C=O) groups excluding carboxylic acids is 1. The predicted octanol–water partition coefficient (Wildman–Crippen LogP) is 0.977. The molecule has 2 aliphatic rings. The van der Waals surface area contributed by atoms with Crippen molar-refractivity contribution in [1.82, 2.24) is 19.6 Å². The van der Waals surface area contributed by atoms with Gasteiger partial charge in [0, 0.05) is 58.1 Å². The van der Waals surface area contributed by atoms with Crippen LogP contribution in [0.3, 0.4) is 0 Å². The van der Waals surface area contributed by atoms with E-state index in [2.05, 4.69) is 10.00 Å². The Bertz CT molecular complexity index is 869. The van der Waals surface area contributed by atoms with Gasteiger partial charge in [-0.15, -0.1) is 0 Å². The Morgan fingerprint density at radius 1 is 1.25 bits per heavy atom. The number of para-hydroxylation sites is 1. The Hall–Kier alpha value is -2.71. The zero-order chi connectivity index (χ0) is 19.7. The maximum atomic E-state index is 13.3. The van der Waals surface area contributed by atoms with Gasteiger partial charge in [0.15, 0.2) is 0 Å². The largest absolute Gasteiger partial charge is 0.481 e. The van der Waals surface area contributed by atoms with Gasteiger partial charge in [-0.2, -0.15) is 5.10 Å². The molecular formula is C20H24N4O4. The highest BCUT2D eigenvalue weighted by Gasteiger charge is 2.58. The van der Waals surface area contributed by atoms with Crippen LogP contribution in [0.25, 0.3) is 5.69 Å². The van der Waals surface area contributed by atoms with Crippen molar-refractivity contribution in [3.63, 3.8) is 0 Å². The van der Waals surface area contributed by atoms with Gasteiger partial charge in [-0.3, -0.25) is 14.5 Å². The second kappa shape index (κ2) is 7.37. The molecule has 0 spiro atoms. The van der Waals surface area contributed by atoms with Crippen LogP contribution in [-0.2, 0) is 9.53 Å². The molecule has 1 N–H and O–H groups in total. The number of likely N-dealkylation sites (tertiary alicyclic amines) is 2. The number of carboxylic acid groups (broad SMARTS) is 1. The van der Waals surface area contributed by atoms with E-state index in [0.29, 0.717) is 44.0 Å². The van der Waals surface area contributed by atoms with Crippen LogP contribution in [0.2, 0.25) is 0 Å². The van der Waals surface area contributed by atoms with Crippen LogP contribution in [-0.4, -0.2) is 83.0 Å². The first-order valence-electron chi connectivity index (χ1n) is 9.38. The van der Waals surface area contributed by atoms with Gasteiger partial charge in [-0.25, -0.2) is 4.68 Å². The molecule has 2 aromatic rings. The third-order valence-electron chi connectivity index (χ3n) is 5.89. The third-order valence-corrected chi connectivity index (χ3v) is 5.89. The van der Waals surface area contributed by atoms with Crippen molar-refractivity contribution in [3.05, 3.63) is 48.3 Å². The molecule has 1 aromatic carbocycles. The smallest absolute Gasteiger partial charge is 0.313 e. The number of fused-ring (bicyclic) bond motifs is 1. The van der Waals surface area contributed by atoms with E-state index in [-0.39, 0.29) is 18.4 Å². The molecule has 3 heterocycles. The summed E-state index contributed by atoms with van der Waals surface area (Å²) < 4.78 is 6.78. The molecule has 8 nitrogen and oxygen atoms in total. The van der Waals surface area contributed by atoms with Crippen molar-refractivity contribution >= 4 is 11.9 Å². The number of aliphatic carboxylic acids is 1. The van der Waals surface area contributed by atoms with Crippen LogP contribution in [0.15, 0.2) is 42.7 Å². The Labute approximate surface area is 163 Å². The van der Waals surface area contributed by atoms with Crippen LogP contribution in [0.4, 0.5) is 0 Å². The standard InChI is InChI=1S/C20H24N4O4/c1-28-10-9-22-11-15-12-23(14-20(15,13-22)19(26)27)18(25)16-5-2-3-6-17(16)24-8-4-7-21-24/h2-8,15H,9-14H2,1H3,(H,26,27)/t15-,20-/m1/s1. The van der Waals surface area contributed by atoms with Crippen molar-refractivity contribution < 1.29 is 19.4 Å². The fourth-order valence-electron chi connectivity index (χ4n) is 4.45. The molecule has 1 amide bonds. The van der Waals surface area contributed by atoms with Gasteiger partial charge in [0.2, 0.25) is 0 Å². The van der Waals surface area contributed by atoms with E-state index in [1.807, 2.05) is 18.2 Å². The molecule has 148 valence electrons. The Balaban J connectivity index is 1.57. The van der Waals surface area contributed by atoms with E-state index in [1.165, 1.54) is 0 Å². The molecule has 2 saturated heterocycles. The van der Waals surface area contributed by atoms with Crippen LogP contribution >= 0.6 is 0 Å². The molecule has 0 bridgehead atoms. The number of amides is 1. The minimum atomic E-state index is -0.913. The number of carboxylic acids is 1. The quantitative estimate of drug-likeness (QED) is 0.799. The highest BCUT2D eigenvalue weighted by molar-refractivity contribution is 5.98. The van der Waals surface area contributed by atoms with Gasteiger partial charge in [0.1, 0.15) is 5.41 Å². The molecule has 2 atom stereocenters. The van der Waals surface area contributed by atoms with E-state index in [1.54, 1.807) is 41.2 Å². The van der Waals surface area contributed by atoms with Crippen LogP contribution in [0, 0.1) is 11.3 Å². The fraction of sp³-hybridized carbons (Fsp3) is 0.450. The summed E-state index contributed by atoms with van der Waals surface area (Å²) in [6, 6.07) is 9.09. The number of carbonyl (C=O) groups is 2. The number of aromatic nitrogens is 2. The highest BCUT2D eigenvalue weighted by atomic mass is 16.5. The van der Waals surface area contributed by atoms with Crippen LogP contribution in [0.1, 0.15) is 10.4 Å². The molecule has 0 aliphatic carbocycles. The first-order chi connectivity index (χ1) is 13.5. The highest BCUT2D eigenvalue weighted by Crippen LogP contribution is 2.43. The lowest BCUT2D eigenvalue weighted by Gasteiger charge is -2.25. The molecule has 2 aliphatic heterocycles. The molecule has 0 saturated carbocycles. The van der Waals surface area contributed by atoms with Gasteiger partial charge in [-0.05, 0) is 18.2 Å². The molecule has 28 heavy (non-hydrogen) atoms. The summed E-state index contributed by atoms with van der Waals surface area (Å²) >= 11 is 0. The summed E-state index contributed by atoms with van der Waals surface area (Å²) in [6.45, 7) is 3.06. The summed E-state index contributed by atoms with van der Waals surface area (Å²) in [7, 11) is 1.64. The number of benzene rings is 1. The van der Waals surface area contributed by atoms with E-state index >= 15 is 0 Å². The van der Waals surface area contributed by atoms with E-state index in [0.717, 1.165) is 0 Å². The lowest BCUT2D eigenvalue weighted by Crippen LogP contribution is -2.42. The Morgan fingerprint density at radius 2 is 2.07 bits per heavy atom. The number of nitrogens with zero attached hydrogens (tertiary/aromatic N) is 4. The first kappa shape index (κ1) is 18.6. The Kier molecular flexibility index (Phi) is 4.91. The van der Waals surface area contributed by atoms with Crippen molar-refractivity contribution in [2.24, 2.45) is 11.3 Å². The van der Waals surface area contributed by atoms with Gasteiger partial charge in [0.25, 0.3) is 5.91 Å². The average molecular weight is 384 g/mol. The SMILES string of the molecule is COCCN1C[C@@H]2CN(C(=O)c3ccccc3-n3cccn3)C[C@]2(C(=O)O)C1. The van der Waals surface area contributed by atoms with Gasteiger partial charge in [0.05, 0.1) is 17.9 Å². The lowest BCUT2D eigenvalue weighted by molar-refractivity contribution is -0.148. The topological polar surface area (TPSA) is 87.9 Å². The average Bonchev–Trinajstić information content (AvgIpc) is 3.40. The molecule has 1 aromatic heterocycles. The predicted molar refractivity (Wildman–Crippen MR) is 101 cm³/mol. The maximum Gasteiger partial charge on any atom is 0.313 e. The van der Waals surface area contributed by atoms with Crippen LogP contribution < -0.4 is 0 Å². The zero-order valence-corrected chi connectivity index (χ0v) is 15.8. The first-order valence-corrected chi connectivity index (χ1v) is 9.38. The second-order valence-electron chi connectivity index (χ2n) is 7.54. The minimum absolute atomic E-state index is 0.0809. The van der Waals surface area contributed by atoms with Gasteiger partial charge in [-0.1, -0.05) is 12.1 Å². The number of hydrogen-bond acceptors (Lipinski definition) is 5.